The Bertz CT molecular complexity index is 480. The first-order valence-electron chi connectivity index (χ1n) is 7.27. The Morgan fingerprint density at radius 2 is 2.10 bits per heavy atom. The second-order valence-corrected chi connectivity index (χ2v) is 5.92. The summed E-state index contributed by atoms with van der Waals surface area (Å²) >= 11 is 5.19. The minimum atomic E-state index is 0.123. The first kappa shape index (κ1) is 15.3. The highest BCUT2D eigenvalue weighted by molar-refractivity contribution is 7.80. The van der Waals surface area contributed by atoms with Crippen molar-refractivity contribution < 1.29 is 5.11 Å². The second-order valence-electron chi connectivity index (χ2n) is 5.48. The minimum absolute atomic E-state index is 0.123. The van der Waals surface area contributed by atoms with E-state index in [9.17, 15) is 5.11 Å². The van der Waals surface area contributed by atoms with Gasteiger partial charge in [-0.1, -0.05) is 31.5 Å². The third-order valence-electron chi connectivity index (χ3n) is 4.07. The zero-order valence-electron chi connectivity index (χ0n) is 12.3. The predicted octanol–water partition coefficient (Wildman–Crippen LogP) is 1.49. The molecule has 0 aromatic carbocycles. The molecule has 6 heteroatoms. The number of thiocarbonyl (C=S) groups is 1. The molecule has 3 N–H and O–H groups in total. The molecular weight excluding hydrogens is 272 g/mol. The van der Waals surface area contributed by atoms with Crippen LogP contribution in [0.2, 0.25) is 0 Å². The summed E-state index contributed by atoms with van der Waals surface area (Å²) in [6.45, 7) is 2.65. The van der Waals surface area contributed by atoms with Gasteiger partial charge in [0.25, 0.3) is 0 Å². The van der Waals surface area contributed by atoms with Gasteiger partial charge in [0.05, 0.1) is 17.9 Å². The molecule has 5 nitrogen and oxygen atoms in total. The van der Waals surface area contributed by atoms with Gasteiger partial charge in [-0.15, -0.1) is 0 Å². The quantitative estimate of drug-likeness (QED) is 0.806. The van der Waals surface area contributed by atoms with Crippen molar-refractivity contribution in [3.05, 3.63) is 11.3 Å². The number of anilines is 1. The van der Waals surface area contributed by atoms with E-state index in [1.165, 1.54) is 19.3 Å². The zero-order valence-corrected chi connectivity index (χ0v) is 13.1. The van der Waals surface area contributed by atoms with E-state index >= 15 is 0 Å². The van der Waals surface area contributed by atoms with E-state index in [4.69, 9.17) is 18.0 Å². The first-order valence-corrected chi connectivity index (χ1v) is 7.68. The summed E-state index contributed by atoms with van der Waals surface area (Å²) in [6, 6.07) is 0.443. The predicted molar refractivity (Wildman–Crippen MR) is 85.1 cm³/mol. The molecular formula is C14H24N4OS. The number of aryl methyl sites for hydroxylation is 2. The van der Waals surface area contributed by atoms with Crippen molar-refractivity contribution >= 4 is 23.0 Å². The van der Waals surface area contributed by atoms with Crippen LogP contribution in [0.4, 0.5) is 5.82 Å². The van der Waals surface area contributed by atoms with Gasteiger partial charge in [0.2, 0.25) is 0 Å². The lowest BCUT2D eigenvalue weighted by Crippen LogP contribution is -2.41. The number of aliphatic hydroxyl groups excluding tert-OH is 1. The smallest absolute Gasteiger partial charge is 0.137 e. The van der Waals surface area contributed by atoms with E-state index in [0.29, 0.717) is 17.6 Å². The molecule has 1 fully saturated rings. The fraction of sp³-hybridized carbons (Fsp3) is 0.714. The Balaban J connectivity index is 2.40. The Morgan fingerprint density at radius 3 is 2.65 bits per heavy atom. The number of aromatic nitrogens is 2. The molecule has 0 unspecified atom stereocenters. The van der Waals surface area contributed by atoms with Gasteiger partial charge in [-0.3, -0.25) is 4.68 Å². The van der Waals surface area contributed by atoms with Crippen molar-refractivity contribution in [2.45, 2.75) is 45.1 Å². The summed E-state index contributed by atoms with van der Waals surface area (Å²) in [5, 5.41) is 13.9. The van der Waals surface area contributed by atoms with Crippen molar-refractivity contribution in [2.24, 2.45) is 12.8 Å². The van der Waals surface area contributed by atoms with Crippen LogP contribution < -0.4 is 10.6 Å². The third-order valence-corrected chi connectivity index (χ3v) is 4.27. The molecule has 0 bridgehead atoms. The largest absolute Gasteiger partial charge is 0.395 e. The van der Waals surface area contributed by atoms with Crippen molar-refractivity contribution in [1.29, 1.82) is 0 Å². The lowest BCUT2D eigenvalue weighted by atomic mass is 9.94. The Kier molecular flexibility index (Phi) is 4.99. The number of nitrogens with two attached hydrogens (primary N) is 1. The molecule has 112 valence electrons. The minimum Gasteiger partial charge on any atom is -0.395 e. The molecule has 0 radical (unpaired) electrons. The van der Waals surface area contributed by atoms with Crippen LogP contribution in [0.1, 0.15) is 43.4 Å². The Hall–Kier alpha value is -1.14. The topological polar surface area (TPSA) is 67.3 Å². The highest BCUT2D eigenvalue weighted by Gasteiger charge is 2.27. The molecule has 1 heterocycles. The summed E-state index contributed by atoms with van der Waals surface area (Å²) < 4.78 is 1.84. The van der Waals surface area contributed by atoms with Crippen LogP contribution in [0.5, 0.6) is 0 Å². The molecule has 0 atom stereocenters. The van der Waals surface area contributed by atoms with E-state index < -0.39 is 0 Å². The number of rotatable bonds is 5. The van der Waals surface area contributed by atoms with Gasteiger partial charge < -0.3 is 15.7 Å². The fourth-order valence-corrected chi connectivity index (χ4v) is 3.46. The summed E-state index contributed by atoms with van der Waals surface area (Å²) in [4.78, 5) is 2.62. The summed E-state index contributed by atoms with van der Waals surface area (Å²) in [5.74, 6) is 0.955. The summed E-state index contributed by atoms with van der Waals surface area (Å²) in [5.41, 5.74) is 7.59. The van der Waals surface area contributed by atoms with Gasteiger partial charge >= 0.3 is 0 Å². The molecule has 0 saturated heterocycles. The Labute approximate surface area is 125 Å². The standard InChI is InChI=1S/C14H24N4OS/c1-10-12(13(15)20)14(17(2)16-10)18(8-9-19)11-6-4-3-5-7-11/h11,19H,3-9H2,1-2H3,(H2,15,20). The maximum absolute atomic E-state index is 9.42. The van der Waals surface area contributed by atoms with E-state index in [2.05, 4.69) is 10.00 Å². The van der Waals surface area contributed by atoms with Gasteiger partial charge in [0, 0.05) is 19.6 Å². The molecule has 2 rings (SSSR count). The van der Waals surface area contributed by atoms with Crippen LogP contribution in [-0.4, -0.2) is 39.1 Å². The molecule has 1 saturated carbocycles. The number of hydrogen-bond acceptors (Lipinski definition) is 4. The van der Waals surface area contributed by atoms with E-state index in [-0.39, 0.29) is 6.61 Å². The Morgan fingerprint density at radius 1 is 1.45 bits per heavy atom. The van der Waals surface area contributed by atoms with Gasteiger partial charge in [0.15, 0.2) is 0 Å². The van der Waals surface area contributed by atoms with E-state index in [0.717, 1.165) is 29.9 Å². The lowest BCUT2D eigenvalue weighted by Gasteiger charge is -2.36. The van der Waals surface area contributed by atoms with Gasteiger partial charge in [0.1, 0.15) is 10.8 Å². The second kappa shape index (κ2) is 6.54. The highest BCUT2D eigenvalue weighted by Crippen LogP contribution is 2.30. The molecule has 1 aromatic rings. The van der Waals surface area contributed by atoms with Crippen LogP contribution in [0.25, 0.3) is 0 Å². The van der Waals surface area contributed by atoms with Crippen molar-refractivity contribution in [2.75, 3.05) is 18.1 Å². The van der Waals surface area contributed by atoms with Crippen LogP contribution in [0.3, 0.4) is 0 Å². The maximum Gasteiger partial charge on any atom is 0.137 e. The van der Waals surface area contributed by atoms with E-state index in [1.807, 2.05) is 18.7 Å². The molecule has 1 aliphatic carbocycles. The number of nitrogens with zero attached hydrogens (tertiary/aromatic N) is 3. The highest BCUT2D eigenvalue weighted by atomic mass is 32.1. The third kappa shape index (κ3) is 2.96. The molecule has 0 aliphatic heterocycles. The average Bonchev–Trinajstić information content (AvgIpc) is 2.71. The molecule has 0 spiro atoms. The molecule has 1 aromatic heterocycles. The SMILES string of the molecule is Cc1nn(C)c(N(CCO)C2CCCCC2)c1C(N)=S. The van der Waals surface area contributed by atoms with Crippen molar-refractivity contribution in [3.63, 3.8) is 0 Å². The maximum atomic E-state index is 9.42. The van der Waals surface area contributed by atoms with Crippen LogP contribution >= 0.6 is 12.2 Å². The van der Waals surface area contributed by atoms with Gasteiger partial charge in [-0.25, -0.2) is 0 Å². The lowest BCUT2D eigenvalue weighted by molar-refractivity contribution is 0.288. The van der Waals surface area contributed by atoms with Gasteiger partial charge in [-0.2, -0.15) is 5.10 Å². The van der Waals surface area contributed by atoms with Gasteiger partial charge in [-0.05, 0) is 19.8 Å². The number of aliphatic hydroxyl groups is 1. The molecule has 1 aliphatic rings. The van der Waals surface area contributed by atoms with Crippen molar-refractivity contribution in [1.82, 2.24) is 9.78 Å². The van der Waals surface area contributed by atoms with Crippen LogP contribution in [-0.2, 0) is 7.05 Å². The average molecular weight is 296 g/mol. The summed E-state index contributed by atoms with van der Waals surface area (Å²) in [6.07, 6.45) is 6.09. The van der Waals surface area contributed by atoms with Crippen molar-refractivity contribution in [3.8, 4) is 0 Å². The summed E-state index contributed by atoms with van der Waals surface area (Å²) in [7, 11) is 1.91. The fourth-order valence-electron chi connectivity index (χ4n) is 3.23. The van der Waals surface area contributed by atoms with E-state index in [1.54, 1.807) is 0 Å². The number of hydrogen-bond donors (Lipinski definition) is 2. The normalized spacial score (nSPS) is 16.4. The van der Waals surface area contributed by atoms with Crippen LogP contribution in [0.15, 0.2) is 0 Å². The zero-order chi connectivity index (χ0) is 14.7. The van der Waals surface area contributed by atoms with Crippen LogP contribution in [0, 0.1) is 6.92 Å². The molecule has 20 heavy (non-hydrogen) atoms. The first-order chi connectivity index (χ1) is 9.56. The molecule has 0 amide bonds. The monoisotopic (exact) mass is 296 g/mol.